The van der Waals surface area contributed by atoms with E-state index in [2.05, 4.69) is 6.92 Å². The fraction of sp³-hybridized carbons (Fsp3) is 0.950. The smallest absolute Gasteiger partial charge is 0.309 e. The summed E-state index contributed by atoms with van der Waals surface area (Å²) in [6.45, 7) is 4.22. The first-order valence-electron chi connectivity index (χ1n) is 9.78. The molecule has 4 fully saturated rings. The molecule has 3 N–H and O–H groups in total. The minimum atomic E-state index is -0.904. The molecule has 0 heterocycles. The van der Waals surface area contributed by atoms with Crippen LogP contribution in [0, 0.1) is 34.0 Å². The summed E-state index contributed by atoms with van der Waals surface area (Å²) < 4.78 is 0. The third kappa shape index (κ3) is 1.79. The highest BCUT2D eigenvalue weighted by atomic mass is 16.4. The van der Waals surface area contributed by atoms with Gasteiger partial charge in [0, 0.05) is 0 Å². The molecule has 7 unspecified atom stereocenters. The first-order valence-corrected chi connectivity index (χ1v) is 9.78. The Labute approximate surface area is 144 Å². The summed E-state index contributed by atoms with van der Waals surface area (Å²) in [5, 5.41) is 30.5. The molecule has 0 aromatic rings. The normalized spacial score (nSPS) is 56.4. The molecule has 4 aliphatic carbocycles. The van der Waals surface area contributed by atoms with E-state index in [-0.39, 0.29) is 29.3 Å². The van der Waals surface area contributed by atoms with Gasteiger partial charge < -0.3 is 15.3 Å². The summed E-state index contributed by atoms with van der Waals surface area (Å²) >= 11 is 0. The van der Waals surface area contributed by atoms with Crippen LogP contribution in [-0.2, 0) is 4.79 Å². The van der Waals surface area contributed by atoms with Crippen molar-refractivity contribution >= 4 is 5.97 Å². The number of aliphatic hydroxyl groups is 2. The van der Waals surface area contributed by atoms with E-state index < -0.39 is 17.0 Å². The second kappa shape index (κ2) is 4.97. The number of carbonyl (C=O) groups is 1. The lowest BCUT2D eigenvalue weighted by atomic mass is 9.39. The molecule has 136 valence electrons. The van der Waals surface area contributed by atoms with Gasteiger partial charge in [-0.25, -0.2) is 0 Å². The van der Waals surface area contributed by atoms with E-state index in [1.807, 2.05) is 6.92 Å². The Morgan fingerprint density at radius 2 is 1.83 bits per heavy atom. The molecule has 0 aromatic carbocycles. The molecule has 0 aliphatic heterocycles. The number of aliphatic hydroxyl groups excluding tert-OH is 1. The molecule has 7 atom stereocenters. The lowest BCUT2D eigenvalue weighted by Gasteiger charge is -2.65. The van der Waals surface area contributed by atoms with Crippen LogP contribution in [0.2, 0.25) is 0 Å². The molecule has 0 saturated heterocycles. The average molecular weight is 336 g/mol. The number of rotatable bonds is 2. The Morgan fingerprint density at radius 3 is 2.50 bits per heavy atom. The number of hydrogen-bond acceptors (Lipinski definition) is 3. The van der Waals surface area contributed by atoms with Crippen LogP contribution in [-0.4, -0.2) is 33.5 Å². The van der Waals surface area contributed by atoms with Crippen LogP contribution in [0.25, 0.3) is 0 Å². The standard InChI is InChI=1S/C20H32O4/c1-17(16(22)23)6-3-7-18(2)15(17)5-4-13-10-14-11-19(13,18)8-9-20(14,24)12-21/h13-15,21,24H,3-12H2,1-2H3,(H,22,23). The molecule has 0 amide bonds. The second-order valence-electron chi connectivity index (χ2n) is 9.88. The predicted molar refractivity (Wildman–Crippen MR) is 90.3 cm³/mol. The van der Waals surface area contributed by atoms with E-state index in [9.17, 15) is 20.1 Å². The monoisotopic (exact) mass is 336 g/mol. The molecule has 0 aromatic heterocycles. The average Bonchev–Trinajstić information content (AvgIpc) is 2.89. The fourth-order valence-corrected chi connectivity index (χ4v) is 7.94. The second-order valence-corrected chi connectivity index (χ2v) is 9.88. The van der Waals surface area contributed by atoms with Gasteiger partial charge in [-0.15, -0.1) is 0 Å². The molecule has 1 spiro atoms. The Hall–Kier alpha value is -0.610. The summed E-state index contributed by atoms with van der Waals surface area (Å²) in [5.74, 6) is 0.410. The highest BCUT2D eigenvalue weighted by molar-refractivity contribution is 5.75. The Morgan fingerprint density at radius 1 is 1.08 bits per heavy atom. The number of hydrogen-bond donors (Lipinski definition) is 3. The highest BCUT2D eigenvalue weighted by Gasteiger charge is 2.70. The van der Waals surface area contributed by atoms with Gasteiger partial charge in [-0.1, -0.05) is 13.3 Å². The molecule has 2 bridgehead atoms. The molecule has 4 aliphatic rings. The topological polar surface area (TPSA) is 77.8 Å². The lowest BCUT2D eigenvalue weighted by Crippen LogP contribution is -2.60. The Kier molecular flexibility index (Phi) is 3.49. The number of carboxylic acids is 1. The van der Waals surface area contributed by atoms with Crippen LogP contribution < -0.4 is 0 Å². The van der Waals surface area contributed by atoms with Crippen LogP contribution in [0.3, 0.4) is 0 Å². The SMILES string of the molecule is CC1(C(=O)O)CCCC2(C)C1CCC1CC3CC12CCC3(O)CO. The van der Waals surface area contributed by atoms with Gasteiger partial charge in [-0.05, 0) is 86.9 Å². The molecular formula is C20H32O4. The van der Waals surface area contributed by atoms with Crippen LogP contribution in [0.15, 0.2) is 0 Å². The van der Waals surface area contributed by atoms with Gasteiger partial charge in [0.2, 0.25) is 0 Å². The van der Waals surface area contributed by atoms with Crippen molar-refractivity contribution in [1.82, 2.24) is 0 Å². The zero-order valence-corrected chi connectivity index (χ0v) is 15.1. The molecule has 4 rings (SSSR count). The van der Waals surface area contributed by atoms with E-state index >= 15 is 0 Å². The van der Waals surface area contributed by atoms with Gasteiger partial charge in [-0.2, -0.15) is 0 Å². The Bertz CT molecular complexity index is 562. The molecule has 4 nitrogen and oxygen atoms in total. The van der Waals surface area contributed by atoms with Gasteiger partial charge in [0.1, 0.15) is 0 Å². The molecule has 24 heavy (non-hydrogen) atoms. The summed E-state index contributed by atoms with van der Waals surface area (Å²) in [6, 6.07) is 0. The summed E-state index contributed by atoms with van der Waals surface area (Å²) in [7, 11) is 0. The third-order valence-corrected chi connectivity index (χ3v) is 9.36. The number of fused-ring (bicyclic) bond motifs is 2. The lowest BCUT2D eigenvalue weighted by molar-refractivity contribution is -0.195. The molecular weight excluding hydrogens is 304 g/mol. The van der Waals surface area contributed by atoms with Gasteiger partial charge in [-0.3, -0.25) is 4.79 Å². The molecule has 0 radical (unpaired) electrons. The van der Waals surface area contributed by atoms with Crippen LogP contribution in [0.5, 0.6) is 0 Å². The largest absolute Gasteiger partial charge is 0.481 e. The molecule has 4 saturated carbocycles. The van der Waals surface area contributed by atoms with Crippen LogP contribution in [0.1, 0.15) is 71.6 Å². The van der Waals surface area contributed by atoms with Crippen molar-refractivity contribution in [2.45, 2.75) is 77.2 Å². The zero-order chi connectivity index (χ0) is 17.4. The minimum Gasteiger partial charge on any atom is -0.481 e. The van der Waals surface area contributed by atoms with Gasteiger partial charge in [0.05, 0.1) is 17.6 Å². The van der Waals surface area contributed by atoms with Crippen molar-refractivity contribution < 1.29 is 20.1 Å². The highest BCUT2D eigenvalue weighted by Crippen LogP contribution is 2.75. The van der Waals surface area contributed by atoms with Crippen molar-refractivity contribution in [3.8, 4) is 0 Å². The summed E-state index contributed by atoms with van der Waals surface area (Å²) in [6.07, 6.45) is 8.66. The fourth-order valence-electron chi connectivity index (χ4n) is 7.94. The van der Waals surface area contributed by atoms with Crippen LogP contribution in [0.4, 0.5) is 0 Å². The maximum absolute atomic E-state index is 12.1. The van der Waals surface area contributed by atoms with E-state index in [1.54, 1.807) is 0 Å². The van der Waals surface area contributed by atoms with Crippen LogP contribution >= 0.6 is 0 Å². The summed E-state index contributed by atoms with van der Waals surface area (Å²) in [4.78, 5) is 12.1. The maximum Gasteiger partial charge on any atom is 0.309 e. The maximum atomic E-state index is 12.1. The van der Waals surface area contributed by atoms with Gasteiger partial charge >= 0.3 is 5.97 Å². The number of carboxylic acid groups (broad SMARTS) is 1. The van der Waals surface area contributed by atoms with Crippen molar-refractivity contribution in [3.63, 3.8) is 0 Å². The van der Waals surface area contributed by atoms with Crippen molar-refractivity contribution in [3.05, 3.63) is 0 Å². The van der Waals surface area contributed by atoms with E-state index in [0.717, 1.165) is 51.4 Å². The van der Waals surface area contributed by atoms with Gasteiger partial charge in [0.25, 0.3) is 0 Å². The number of aliphatic carboxylic acids is 1. The first-order chi connectivity index (χ1) is 11.2. The minimum absolute atomic E-state index is 0.0623. The first kappa shape index (κ1) is 16.8. The Balaban J connectivity index is 1.75. The van der Waals surface area contributed by atoms with Crippen molar-refractivity contribution in [1.29, 1.82) is 0 Å². The van der Waals surface area contributed by atoms with E-state index in [4.69, 9.17) is 0 Å². The van der Waals surface area contributed by atoms with Gasteiger partial charge in [0.15, 0.2) is 0 Å². The van der Waals surface area contributed by atoms with E-state index in [0.29, 0.717) is 12.3 Å². The quantitative estimate of drug-likeness (QED) is 0.723. The zero-order valence-electron chi connectivity index (χ0n) is 15.1. The van der Waals surface area contributed by atoms with Crippen molar-refractivity contribution in [2.24, 2.45) is 34.0 Å². The summed E-state index contributed by atoms with van der Waals surface area (Å²) in [5.41, 5.74) is -1.26. The molecule has 4 heteroatoms. The van der Waals surface area contributed by atoms with Crippen molar-refractivity contribution in [2.75, 3.05) is 6.61 Å². The predicted octanol–water partition coefficient (Wildman–Crippen LogP) is 3.21. The van der Waals surface area contributed by atoms with E-state index in [1.165, 1.54) is 0 Å². The third-order valence-electron chi connectivity index (χ3n) is 9.36.